The van der Waals surface area contributed by atoms with Crippen LogP contribution in [0.25, 0.3) is 0 Å². The summed E-state index contributed by atoms with van der Waals surface area (Å²) in [4.78, 5) is 2.30. The van der Waals surface area contributed by atoms with Gasteiger partial charge in [-0.15, -0.1) is 0 Å². The SMILES string of the molecule is Cc1ccccc1CN(C[C@H](O)COCC(C)C)C(C)C. The zero-order chi connectivity index (χ0) is 15.8. The Morgan fingerprint density at radius 3 is 2.33 bits per heavy atom. The van der Waals surface area contributed by atoms with Crippen molar-refractivity contribution in [2.24, 2.45) is 5.92 Å². The summed E-state index contributed by atoms with van der Waals surface area (Å²) in [5, 5.41) is 10.2. The Kier molecular flexibility index (Phi) is 7.94. The first-order valence-electron chi connectivity index (χ1n) is 7.94. The lowest BCUT2D eigenvalue weighted by molar-refractivity contribution is 0.00171. The van der Waals surface area contributed by atoms with Crippen LogP contribution in [0.2, 0.25) is 0 Å². The molecule has 1 aromatic carbocycles. The van der Waals surface area contributed by atoms with E-state index in [4.69, 9.17) is 4.74 Å². The van der Waals surface area contributed by atoms with Crippen LogP contribution in [-0.4, -0.2) is 41.9 Å². The normalized spacial score (nSPS) is 13.4. The van der Waals surface area contributed by atoms with Crippen molar-refractivity contribution >= 4 is 0 Å². The summed E-state index contributed by atoms with van der Waals surface area (Å²) in [6.07, 6.45) is -0.435. The molecule has 3 nitrogen and oxygen atoms in total. The molecule has 0 fully saturated rings. The quantitative estimate of drug-likeness (QED) is 0.758. The molecule has 0 spiro atoms. The van der Waals surface area contributed by atoms with Crippen molar-refractivity contribution in [1.29, 1.82) is 0 Å². The molecule has 0 aliphatic heterocycles. The van der Waals surface area contributed by atoms with Crippen LogP contribution in [0.4, 0.5) is 0 Å². The van der Waals surface area contributed by atoms with Crippen LogP contribution < -0.4 is 0 Å². The van der Waals surface area contributed by atoms with Gasteiger partial charge in [0.25, 0.3) is 0 Å². The predicted octanol–water partition coefficient (Wildman–Crippen LogP) is 3.24. The minimum absolute atomic E-state index is 0.393. The van der Waals surface area contributed by atoms with Crippen molar-refractivity contribution in [3.05, 3.63) is 35.4 Å². The predicted molar refractivity (Wildman–Crippen MR) is 88.4 cm³/mol. The van der Waals surface area contributed by atoms with Crippen LogP contribution in [0.1, 0.15) is 38.8 Å². The highest BCUT2D eigenvalue weighted by molar-refractivity contribution is 5.25. The monoisotopic (exact) mass is 293 g/mol. The van der Waals surface area contributed by atoms with Crippen molar-refractivity contribution in [3.8, 4) is 0 Å². The van der Waals surface area contributed by atoms with Crippen LogP contribution in [-0.2, 0) is 11.3 Å². The van der Waals surface area contributed by atoms with Crippen LogP contribution in [0.15, 0.2) is 24.3 Å². The summed E-state index contributed by atoms with van der Waals surface area (Å²) < 4.78 is 5.53. The van der Waals surface area contributed by atoms with Gasteiger partial charge in [0, 0.05) is 25.7 Å². The molecule has 0 heterocycles. The molecule has 0 radical (unpaired) electrons. The van der Waals surface area contributed by atoms with Gasteiger partial charge in [-0.3, -0.25) is 4.90 Å². The van der Waals surface area contributed by atoms with Crippen LogP contribution in [0, 0.1) is 12.8 Å². The number of aryl methyl sites for hydroxylation is 1. The fraction of sp³-hybridized carbons (Fsp3) is 0.667. The molecule has 0 aliphatic carbocycles. The van der Waals surface area contributed by atoms with Gasteiger partial charge < -0.3 is 9.84 Å². The Balaban J connectivity index is 2.52. The first kappa shape index (κ1) is 18.1. The van der Waals surface area contributed by atoms with Crippen molar-refractivity contribution in [1.82, 2.24) is 4.90 Å². The highest BCUT2D eigenvalue weighted by atomic mass is 16.5. The molecule has 3 heteroatoms. The number of hydrogen-bond donors (Lipinski definition) is 1. The molecule has 1 atom stereocenters. The van der Waals surface area contributed by atoms with E-state index in [0.29, 0.717) is 31.7 Å². The topological polar surface area (TPSA) is 32.7 Å². The number of hydrogen-bond acceptors (Lipinski definition) is 3. The zero-order valence-electron chi connectivity index (χ0n) is 14.2. The second-order valence-electron chi connectivity index (χ2n) is 6.53. The first-order valence-corrected chi connectivity index (χ1v) is 7.94. The van der Waals surface area contributed by atoms with Crippen LogP contribution >= 0.6 is 0 Å². The summed E-state index contributed by atoms with van der Waals surface area (Å²) in [5.74, 6) is 0.505. The standard InChI is InChI=1S/C18H31NO2/c1-14(2)12-21-13-18(20)11-19(15(3)4)10-17-9-7-6-8-16(17)5/h6-9,14-15,18,20H,10-13H2,1-5H3/t18-/m0/s1. The molecule has 0 amide bonds. The molecule has 1 rings (SSSR count). The molecule has 0 aromatic heterocycles. The number of nitrogens with zero attached hydrogens (tertiary/aromatic N) is 1. The van der Waals surface area contributed by atoms with Crippen molar-refractivity contribution < 1.29 is 9.84 Å². The lowest BCUT2D eigenvalue weighted by Crippen LogP contribution is -2.39. The average molecular weight is 293 g/mol. The maximum absolute atomic E-state index is 10.2. The van der Waals surface area contributed by atoms with Gasteiger partial charge in [0.15, 0.2) is 0 Å². The lowest BCUT2D eigenvalue weighted by atomic mass is 10.1. The first-order chi connectivity index (χ1) is 9.90. The summed E-state index contributed by atoms with van der Waals surface area (Å²) in [6, 6.07) is 8.82. The molecule has 0 saturated heterocycles. The van der Waals surface area contributed by atoms with Gasteiger partial charge in [0.2, 0.25) is 0 Å². The van der Waals surface area contributed by atoms with Gasteiger partial charge in [-0.1, -0.05) is 38.1 Å². The van der Waals surface area contributed by atoms with E-state index in [1.165, 1.54) is 11.1 Å². The number of aliphatic hydroxyl groups excluding tert-OH is 1. The van der Waals surface area contributed by atoms with E-state index in [-0.39, 0.29) is 0 Å². The molecule has 0 aliphatic rings. The van der Waals surface area contributed by atoms with E-state index in [1.54, 1.807) is 0 Å². The molecule has 0 saturated carbocycles. The third-order valence-electron chi connectivity index (χ3n) is 3.57. The maximum Gasteiger partial charge on any atom is 0.0900 e. The van der Waals surface area contributed by atoms with Crippen LogP contribution in [0.5, 0.6) is 0 Å². The summed E-state index contributed by atoms with van der Waals surface area (Å²) in [7, 11) is 0. The Bertz CT molecular complexity index is 404. The maximum atomic E-state index is 10.2. The van der Waals surface area contributed by atoms with Gasteiger partial charge in [-0.05, 0) is 37.8 Å². The van der Waals surface area contributed by atoms with E-state index < -0.39 is 6.10 Å². The summed E-state index contributed by atoms with van der Waals surface area (Å²) >= 11 is 0. The second-order valence-corrected chi connectivity index (χ2v) is 6.53. The van der Waals surface area contributed by atoms with Crippen LogP contribution in [0.3, 0.4) is 0 Å². The van der Waals surface area contributed by atoms with Gasteiger partial charge in [0.1, 0.15) is 0 Å². The molecule has 1 N–H and O–H groups in total. The Morgan fingerprint density at radius 1 is 1.10 bits per heavy atom. The Labute approximate surface area is 129 Å². The van der Waals surface area contributed by atoms with Gasteiger partial charge in [0.05, 0.1) is 12.7 Å². The number of rotatable bonds is 9. The fourth-order valence-electron chi connectivity index (χ4n) is 2.23. The van der Waals surface area contributed by atoms with E-state index in [0.717, 1.165) is 6.54 Å². The third-order valence-corrected chi connectivity index (χ3v) is 3.57. The van der Waals surface area contributed by atoms with Crippen molar-refractivity contribution in [2.45, 2.75) is 53.3 Å². The van der Waals surface area contributed by atoms with Crippen molar-refractivity contribution in [3.63, 3.8) is 0 Å². The zero-order valence-corrected chi connectivity index (χ0v) is 14.2. The van der Waals surface area contributed by atoms with Gasteiger partial charge >= 0.3 is 0 Å². The largest absolute Gasteiger partial charge is 0.389 e. The molecule has 0 unspecified atom stereocenters. The number of ether oxygens (including phenoxy) is 1. The summed E-state index contributed by atoms with van der Waals surface area (Å²) in [6.45, 7) is 13.3. The molecule has 1 aromatic rings. The van der Waals surface area contributed by atoms with E-state index in [1.807, 2.05) is 0 Å². The minimum atomic E-state index is -0.435. The highest BCUT2D eigenvalue weighted by Crippen LogP contribution is 2.13. The van der Waals surface area contributed by atoms with E-state index >= 15 is 0 Å². The van der Waals surface area contributed by atoms with Gasteiger partial charge in [-0.25, -0.2) is 0 Å². The summed E-state index contributed by atoms with van der Waals surface area (Å²) in [5.41, 5.74) is 2.62. The number of benzene rings is 1. The minimum Gasteiger partial charge on any atom is -0.389 e. The molecule has 120 valence electrons. The Morgan fingerprint density at radius 2 is 1.76 bits per heavy atom. The van der Waals surface area contributed by atoms with E-state index in [9.17, 15) is 5.11 Å². The second kappa shape index (κ2) is 9.19. The molecule has 0 bridgehead atoms. The number of aliphatic hydroxyl groups is 1. The van der Waals surface area contributed by atoms with E-state index in [2.05, 4.69) is 63.8 Å². The molecular weight excluding hydrogens is 262 g/mol. The Hall–Kier alpha value is -0.900. The smallest absolute Gasteiger partial charge is 0.0900 e. The fourth-order valence-corrected chi connectivity index (χ4v) is 2.23. The lowest BCUT2D eigenvalue weighted by Gasteiger charge is -2.29. The molecular formula is C18H31NO2. The highest BCUT2D eigenvalue weighted by Gasteiger charge is 2.16. The average Bonchev–Trinajstić information content (AvgIpc) is 2.39. The third kappa shape index (κ3) is 7.07. The molecule has 21 heavy (non-hydrogen) atoms. The van der Waals surface area contributed by atoms with Crippen molar-refractivity contribution in [2.75, 3.05) is 19.8 Å². The van der Waals surface area contributed by atoms with Gasteiger partial charge in [-0.2, -0.15) is 0 Å².